The first-order chi connectivity index (χ1) is 6.60. The molecule has 0 amide bonds. The van der Waals surface area contributed by atoms with E-state index in [0.29, 0.717) is 11.7 Å². The predicted octanol–water partition coefficient (Wildman–Crippen LogP) is 2.29. The molecule has 76 valence electrons. The highest BCUT2D eigenvalue weighted by molar-refractivity contribution is 5.79. The topological polar surface area (TPSA) is 49.1 Å². The summed E-state index contributed by atoms with van der Waals surface area (Å²) in [5.41, 5.74) is 1.50. The Balaban J connectivity index is 4.25. The van der Waals surface area contributed by atoms with Gasteiger partial charge in [0.1, 0.15) is 0 Å². The van der Waals surface area contributed by atoms with Gasteiger partial charge in [-0.1, -0.05) is 24.8 Å². The van der Waals surface area contributed by atoms with Crippen LogP contribution in [0.3, 0.4) is 0 Å². The Kier molecular flexibility index (Phi) is 5.94. The highest BCUT2D eigenvalue weighted by Crippen LogP contribution is 1.99. The lowest BCUT2D eigenvalue weighted by atomic mass is 10.3. The summed E-state index contributed by atoms with van der Waals surface area (Å²) in [5.74, 6) is 0.467. The minimum absolute atomic E-state index is 0.467. The summed E-state index contributed by atoms with van der Waals surface area (Å²) in [5, 5.41) is 10.4. The van der Waals surface area contributed by atoms with Crippen molar-refractivity contribution in [2.45, 2.75) is 6.92 Å². The Labute approximate surface area is 84.8 Å². The molecule has 0 fully saturated rings. The summed E-state index contributed by atoms with van der Waals surface area (Å²) >= 11 is 0. The summed E-state index contributed by atoms with van der Waals surface area (Å²) in [4.78, 5) is 3.84. The van der Waals surface area contributed by atoms with E-state index >= 15 is 0 Å². The van der Waals surface area contributed by atoms with Gasteiger partial charge < -0.3 is 5.32 Å². The number of nitrogens with one attached hydrogen (secondary N) is 1. The average Bonchev–Trinajstić information content (AvgIpc) is 2.16. The van der Waals surface area contributed by atoms with Gasteiger partial charge >= 0.3 is 0 Å². The van der Waals surface area contributed by atoms with Gasteiger partial charge in [0.2, 0.25) is 5.96 Å². The average molecular weight is 192 g/mol. The van der Waals surface area contributed by atoms with Crippen LogP contribution in [0.1, 0.15) is 6.92 Å². The standard InChI is InChI=1S/C10H16N4/c1-8(2)6-7-9(3)13-14-10(11-4)12-5/h6-7H,1,3H2,2,4-5H3,(H,11,12)/b7-6-,14-13?. The molecule has 0 spiro atoms. The number of nitrogens with zero attached hydrogens (tertiary/aromatic N) is 3. The van der Waals surface area contributed by atoms with E-state index in [1.54, 1.807) is 20.2 Å². The van der Waals surface area contributed by atoms with Crippen molar-refractivity contribution in [3.8, 4) is 0 Å². The van der Waals surface area contributed by atoms with E-state index in [1.165, 1.54) is 0 Å². The van der Waals surface area contributed by atoms with Crippen LogP contribution >= 0.6 is 0 Å². The van der Waals surface area contributed by atoms with Gasteiger partial charge in [-0.3, -0.25) is 4.99 Å². The van der Waals surface area contributed by atoms with E-state index in [-0.39, 0.29) is 0 Å². The third-order valence-electron chi connectivity index (χ3n) is 1.27. The van der Waals surface area contributed by atoms with Gasteiger partial charge in [0.05, 0.1) is 5.70 Å². The number of allylic oxidation sites excluding steroid dienone is 3. The Hall–Kier alpha value is -1.71. The summed E-state index contributed by atoms with van der Waals surface area (Å²) < 4.78 is 0. The van der Waals surface area contributed by atoms with Gasteiger partial charge in [-0.25, -0.2) is 0 Å². The molecule has 0 unspecified atom stereocenters. The third-order valence-corrected chi connectivity index (χ3v) is 1.27. The highest BCUT2D eigenvalue weighted by atomic mass is 15.2. The van der Waals surface area contributed by atoms with E-state index in [9.17, 15) is 0 Å². The molecule has 0 aromatic heterocycles. The summed E-state index contributed by atoms with van der Waals surface area (Å²) in [6.45, 7) is 9.31. The number of hydrogen-bond acceptors (Lipinski definition) is 2. The van der Waals surface area contributed by atoms with E-state index < -0.39 is 0 Å². The van der Waals surface area contributed by atoms with Gasteiger partial charge in [0.15, 0.2) is 0 Å². The molecule has 0 saturated heterocycles. The monoisotopic (exact) mass is 192 g/mol. The molecule has 0 bridgehead atoms. The number of rotatable bonds is 3. The second-order valence-electron chi connectivity index (χ2n) is 2.67. The Morgan fingerprint density at radius 3 is 2.29 bits per heavy atom. The van der Waals surface area contributed by atoms with Gasteiger partial charge in [-0.2, -0.15) is 0 Å². The number of guanidine groups is 1. The second kappa shape index (κ2) is 6.77. The fourth-order valence-electron chi connectivity index (χ4n) is 0.590. The lowest BCUT2D eigenvalue weighted by molar-refractivity contribution is 1.07. The van der Waals surface area contributed by atoms with E-state index in [4.69, 9.17) is 0 Å². The van der Waals surface area contributed by atoms with Crippen LogP contribution in [0.25, 0.3) is 0 Å². The molecule has 0 saturated carbocycles. The number of aliphatic imine (C=N–C) groups is 1. The summed E-state index contributed by atoms with van der Waals surface area (Å²) in [6.07, 6.45) is 3.57. The van der Waals surface area contributed by atoms with E-state index in [1.807, 2.05) is 13.0 Å². The first kappa shape index (κ1) is 12.3. The minimum Gasteiger partial charge on any atom is -0.356 e. The van der Waals surface area contributed by atoms with Crippen molar-refractivity contribution in [2.24, 2.45) is 15.2 Å². The first-order valence-electron chi connectivity index (χ1n) is 4.19. The van der Waals surface area contributed by atoms with Crippen molar-refractivity contribution in [1.29, 1.82) is 0 Å². The number of hydrogen-bond donors (Lipinski definition) is 1. The van der Waals surface area contributed by atoms with E-state index in [0.717, 1.165) is 5.57 Å². The van der Waals surface area contributed by atoms with Gasteiger partial charge in [0, 0.05) is 14.1 Å². The molecule has 14 heavy (non-hydrogen) atoms. The van der Waals surface area contributed by atoms with Crippen molar-refractivity contribution >= 4 is 5.96 Å². The second-order valence-corrected chi connectivity index (χ2v) is 2.67. The first-order valence-corrected chi connectivity index (χ1v) is 4.19. The molecule has 0 aliphatic carbocycles. The molecule has 0 rings (SSSR count). The van der Waals surface area contributed by atoms with Crippen LogP contribution in [-0.2, 0) is 0 Å². The van der Waals surface area contributed by atoms with Crippen LogP contribution in [0.4, 0.5) is 0 Å². The molecular formula is C10H16N4. The third kappa shape index (κ3) is 5.88. The smallest absolute Gasteiger partial charge is 0.237 e. The minimum atomic E-state index is 0.467. The molecule has 0 aliphatic rings. The maximum absolute atomic E-state index is 3.85. The Bertz CT molecular complexity index is 297. The van der Waals surface area contributed by atoms with Crippen molar-refractivity contribution in [3.05, 3.63) is 36.6 Å². The van der Waals surface area contributed by atoms with Crippen LogP contribution < -0.4 is 5.32 Å². The van der Waals surface area contributed by atoms with Gasteiger partial charge in [-0.05, 0) is 13.0 Å². The quantitative estimate of drug-likeness (QED) is 0.317. The van der Waals surface area contributed by atoms with E-state index in [2.05, 4.69) is 33.7 Å². The zero-order chi connectivity index (χ0) is 11.0. The van der Waals surface area contributed by atoms with Crippen molar-refractivity contribution in [1.82, 2.24) is 5.32 Å². The SMILES string of the molecule is C=C(C)/C=C\C(=C)N=NC(=NC)NC. The zero-order valence-electron chi connectivity index (χ0n) is 8.91. The van der Waals surface area contributed by atoms with Crippen molar-refractivity contribution in [3.63, 3.8) is 0 Å². The molecule has 0 aromatic rings. The van der Waals surface area contributed by atoms with Crippen LogP contribution in [0.5, 0.6) is 0 Å². The van der Waals surface area contributed by atoms with Gasteiger partial charge in [0.25, 0.3) is 0 Å². The number of azo groups is 1. The maximum Gasteiger partial charge on any atom is 0.237 e. The van der Waals surface area contributed by atoms with Crippen LogP contribution in [-0.4, -0.2) is 20.1 Å². The highest BCUT2D eigenvalue weighted by Gasteiger charge is 1.88. The van der Waals surface area contributed by atoms with Crippen LogP contribution in [0, 0.1) is 0 Å². The Morgan fingerprint density at radius 1 is 1.21 bits per heavy atom. The van der Waals surface area contributed by atoms with Crippen LogP contribution in [0.2, 0.25) is 0 Å². The fourth-order valence-corrected chi connectivity index (χ4v) is 0.590. The predicted molar refractivity (Wildman–Crippen MR) is 60.4 cm³/mol. The normalized spacial score (nSPS) is 12.4. The maximum atomic E-state index is 3.85. The lowest BCUT2D eigenvalue weighted by Gasteiger charge is -1.94. The molecule has 4 heteroatoms. The molecule has 4 nitrogen and oxygen atoms in total. The molecule has 0 radical (unpaired) electrons. The molecule has 0 aromatic carbocycles. The van der Waals surface area contributed by atoms with Crippen molar-refractivity contribution < 1.29 is 0 Å². The molecule has 0 heterocycles. The molecular weight excluding hydrogens is 176 g/mol. The molecule has 0 aliphatic heterocycles. The largest absolute Gasteiger partial charge is 0.356 e. The summed E-state index contributed by atoms with van der Waals surface area (Å²) in [6, 6.07) is 0. The Morgan fingerprint density at radius 2 is 1.86 bits per heavy atom. The zero-order valence-corrected chi connectivity index (χ0v) is 8.91. The van der Waals surface area contributed by atoms with Gasteiger partial charge in [-0.15, -0.1) is 10.2 Å². The fraction of sp³-hybridized carbons (Fsp3) is 0.300. The van der Waals surface area contributed by atoms with Crippen molar-refractivity contribution in [2.75, 3.05) is 14.1 Å². The van der Waals surface area contributed by atoms with Crippen LogP contribution in [0.15, 0.2) is 51.8 Å². The lowest BCUT2D eigenvalue weighted by Crippen LogP contribution is -2.14. The molecule has 1 N–H and O–H groups in total. The summed E-state index contributed by atoms with van der Waals surface area (Å²) in [7, 11) is 3.37. The molecule has 0 atom stereocenters.